The van der Waals surface area contributed by atoms with Gasteiger partial charge in [-0.05, 0) is 47.8 Å². The van der Waals surface area contributed by atoms with Crippen molar-refractivity contribution in [3.8, 4) is 39.9 Å². The van der Waals surface area contributed by atoms with Crippen molar-refractivity contribution in [2.75, 3.05) is 7.11 Å². The Labute approximate surface area is 289 Å². The van der Waals surface area contributed by atoms with Crippen LogP contribution >= 0.6 is 0 Å². The summed E-state index contributed by atoms with van der Waals surface area (Å²) < 4.78 is 98.3. The van der Waals surface area contributed by atoms with E-state index in [1.807, 2.05) is 34.9 Å². The second-order valence-corrected chi connectivity index (χ2v) is 10.9. The fraction of sp³-hybridized carbons (Fsp3) is 0.111. The van der Waals surface area contributed by atoms with Gasteiger partial charge in [0.2, 0.25) is 0 Å². The molecule has 7 aromatic rings. The second kappa shape index (κ2) is 12.7. The number of alkyl halides is 6. The molecule has 0 bridgehead atoms. The van der Waals surface area contributed by atoms with Gasteiger partial charge in [-0.2, -0.15) is 43.6 Å². The van der Waals surface area contributed by atoms with Gasteiger partial charge < -0.3 is 14.0 Å². The maximum absolute atomic E-state index is 14.0. The Bertz CT molecular complexity index is 2290. The van der Waals surface area contributed by atoms with E-state index in [-0.39, 0.29) is 43.6 Å². The average Bonchev–Trinajstić information content (AvgIpc) is 3.67. The molecule has 0 aliphatic carbocycles. The Balaban J connectivity index is 0.00000417. The maximum atomic E-state index is 14.0. The molecule has 0 aliphatic rings. The van der Waals surface area contributed by atoms with E-state index in [1.165, 1.54) is 6.92 Å². The van der Waals surface area contributed by atoms with E-state index < -0.39 is 29.0 Å². The largest absolute Gasteiger partial charge is 2.00 e. The number of aryl methyl sites for hydroxylation is 1. The van der Waals surface area contributed by atoms with Crippen LogP contribution in [0.4, 0.5) is 26.3 Å². The number of halogens is 6. The number of benzene rings is 4. The molecular weight excluding hydrogens is 829 g/mol. The predicted molar refractivity (Wildman–Crippen MR) is 167 cm³/mol. The monoisotopic (exact) mass is 851 g/mol. The van der Waals surface area contributed by atoms with Crippen LogP contribution in [0.2, 0.25) is 0 Å². The smallest absolute Gasteiger partial charge is 0.509 e. The molecule has 0 amide bonds. The van der Waals surface area contributed by atoms with E-state index >= 15 is 0 Å². The van der Waals surface area contributed by atoms with Crippen LogP contribution in [0.25, 0.3) is 44.4 Å². The van der Waals surface area contributed by atoms with Crippen LogP contribution in [0.15, 0.2) is 97.5 Å². The first kappa shape index (κ1) is 33.8. The minimum atomic E-state index is -5.03. The van der Waals surface area contributed by atoms with E-state index in [2.05, 4.69) is 22.2 Å². The fourth-order valence-corrected chi connectivity index (χ4v) is 5.70. The van der Waals surface area contributed by atoms with Crippen molar-refractivity contribution < 1.29 is 56.9 Å². The molecule has 0 spiro atoms. The predicted octanol–water partition coefficient (Wildman–Crippen LogP) is 9.78. The molecule has 49 heavy (non-hydrogen) atoms. The Kier molecular flexibility index (Phi) is 8.79. The number of rotatable bonds is 6. The Morgan fingerprint density at radius 1 is 0.776 bits per heavy atom. The molecule has 4 aromatic carbocycles. The van der Waals surface area contributed by atoms with Crippen LogP contribution in [0.5, 0.6) is 17.2 Å². The zero-order chi connectivity index (χ0) is 33.8. The van der Waals surface area contributed by atoms with E-state index in [0.29, 0.717) is 35.0 Å². The summed E-state index contributed by atoms with van der Waals surface area (Å²) in [5.74, 6) is 1.77. The molecule has 0 fully saturated rings. The van der Waals surface area contributed by atoms with Gasteiger partial charge in [-0.1, -0.05) is 23.7 Å². The van der Waals surface area contributed by atoms with Crippen molar-refractivity contribution in [3.63, 3.8) is 0 Å². The second-order valence-electron chi connectivity index (χ2n) is 10.9. The van der Waals surface area contributed by atoms with E-state index in [4.69, 9.17) is 9.47 Å². The van der Waals surface area contributed by atoms with E-state index in [1.54, 1.807) is 49.7 Å². The van der Waals surface area contributed by atoms with Crippen molar-refractivity contribution in [1.29, 1.82) is 0 Å². The van der Waals surface area contributed by atoms with Crippen LogP contribution in [0.1, 0.15) is 16.7 Å². The summed E-state index contributed by atoms with van der Waals surface area (Å²) in [6, 6.07) is 27.4. The molecule has 3 heterocycles. The van der Waals surface area contributed by atoms with Crippen LogP contribution in [-0.2, 0) is 33.4 Å². The van der Waals surface area contributed by atoms with Crippen LogP contribution in [0.3, 0.4) is 0 Å². The number of fused-ring (bicyclic) bond motifs is 3. The van der Waals surface area contributed by atoms with Crippen LogP contribution in [-0.4, -0.2) is 26.4 Å². The van der Waals surface area contributed by atoms with Crippen molar-refractivity contribution in [2.45, 2.75) is 19.3 Å². The van der Waals surface area contributed by atoms with Gasteiger partial charge in [-0.25, -0.2) is 4.98 Å². The third-order valence-corrected chi connectivity index (χ3v) is 7.72. The first-order chi connectivity index (χ1) is 22.9. The molecule has 0 saturated carbocycles. The quantitative estimate of drug-likeness (QED) is 0.124. The summed E-state index contributed by atoms with van der Waals surface area (Å²) in [6.07, 6.45) is -6.36. The molecule has 0 atom stereocenters. The number of aromatic nitrogens is 4. The summed E-state index contributed by atoms with van der Waals surface area (Å²) in [5, 5.41) is 5.94. The van der Waals surface area contributed by atoms with E-state index in [9.17, 15) is 26.3 Å². The molecule has 7 rings (SSSR count). The number of ether oxygens (including phenoxy) is 2. The van der Waals surface area contributed by atoms with Gasteiger partial charge in [0.1, 0.15) is 11.6 Å². The Morgan fingerprint density at radius 3 is 2.20 bits per heavy atom. The first-order valence-corrected chi connectivity index (χ1v) is 14.4. The summed E-state index contributed by atoms with van der Waals surface area (Å²) >= 11 is 0. The summed E-state index contributed by atoms with van der Waals surface area (Å²) in [6.45, 7) is 1.18. The van der Waals surface area contributed by atoms with E-state index in [0.717, 1.165) is 33.4 Å². The van der Waals surface area contributed by atoms with Crippen LogP contribution < -0.4 is 9.47 Å². The summed E-state index contributed by atoms with van der Waals surface area (Å²) in [4.78, 5) is 4.54. The van der Waals surface area contributed by atoms with Gasteiger partial charge in [0, 0.05) is 46.6 Å². The van der Waals surface area contributed by atoms with Crippen molar-refractivity contribution >= 4 is 21.8 Å². The van der Waals surface area contributed by atoms with Crippen molar-refractivity contribution in [1.82, 2.24) is 19.3 Å². The maximum Gasteiger partial charge on any atom is 2.00 e. The van der Waals surface area contributed by atoms with Gasteiger partial charge in [0.15, 0.2) is 0 Å². The number of methoxy groups -OCH3 is 1. The standard InChI is InChI=1S/C36H22F6N4O2.Pt/c1-21-14-29(35(37,38)39)34(30(15-21)36(40,41)42)22-19-44-45(20-22)23-6-5-7-25(16-23)48-26-10-11-28-27-8-3-4-9-31(27)46(32(28)17-26)33-18-24(47-2)12-13-43-33;/h3-15,18-20H,1-2H3;/q-2;+2. The molecule has 250 valence electrons. The molecular formula is C36H22F6N4O2Pt. The summed E-state index contributed by atoms with van der Waals surface area (Å²) in [7, 11) is 1.57. The minimum Gasteiger partial charge on any atom is -0.509 e. The fourth-order valence-electron chi connectivity index (χ4n) is 5.70. The zero-order valence-electron chi connectivity index (χ0n) is 25.4. The summed E-state index contributed by atoms with van der Waals surface area (Å²) in [5.41, 5.74) is -2.52. The van der Waals surface area contributed by atoms with Crippen LogP contribution in [0, 0.1) is 19.1 Å². The molecule has 0 saturated heterocycles. The minimum absolute atomic E-state index is 0. The van der Waals surface area contributed by atoms with Gasteiger partial charge in [0.25, 0.3) is 0 Å². The number of nitrogens with zero attached hydrogens (tertiary/aromatic N) is 4. The number of pyridine rings is 1. The van der Waals surface area contributed by atoms with Gasteiger partial charge >= 0.3 is 33.4 Å². The molecule has 3 aromatic heterocycles. The third-order valence-electron chi connectivity index (χ3n) is 7.72. The van der Waals surface area contributed by atoms with Crippen molar-refractivity contribution in [2.24, 2.45) is 0 Å². The molecule has 0 radical (unpaired) electrons. The molecule has 0 unspecified atom stereocenters. The van der Waals surface area contributed by atoms with Crippen molar-refractivity contribution in [3.05, 3.63) is 126 Å². The SMILES string of the molecule is COc1ccnc(-n2c3[c-]c(Oc4[c-]c(-n5cc(-c6c(C(F)(F)F)cc(C)cc6C(F)(F)F)cn5)ccc4)ccc3c3ccccc32)c1.[Pt+2]. The first-order valence-electron chi connectivity index (χ1n) is 14.4. The zero-order valence-corrected chi connectivity index (χ0v) is 27.7. The Hall–Kier alpha value is -5.09. The third kappa shape index (κ3) is 6.40. The molecule has 0 N–H and O–H groups in total. The van der Waals surface area contributed by atoms with Gasteiger partial charge in [0.05, 0.1) is 24.4 Å². The number of hydrogen-bond donors (Lipinski definition) is 0. The number of para-hydroxylation sites is 1. The average molecular weight is 852 g/mol. The van der Waals surface area contributed by atoms with Gasteiger partial charge in [-0.15, -0.1) is 35.7 Å². The molecule has 6 nitrogen and oxygen atoms in total. The Morgan fingerprint density at radius 2 is 1.49 bits per heavy atom. The molecule has 13 heteroatoms. The number of hydrogen-bond acceptors (Lipinski definition) is 4. The normalized spacial score (nSPS) is 11.9. The molecule has 0 aliphatic heterocycles. The van der Waals surface area contributed by atoms with Gasteiger partial charge in [-0.3, -0.25) is 4.68 Å². The topological polar surface area (TPSA) is 54.1 Å².